The highest BCUT2D eigenvalue weighted by Crippen LogP contribution is 2.23. The van der Waals surface area contributed by atoms with Crippen LogP contribution in [0.15, 0.2) is 24.3 Å². The second-order valence-electron chi connectivity index (χ2n) is 7.65. The highest BCUT2D eigenvalue weighted by molar-refractivity contribution is 8.00. The fourth-order valence-corrected chi connectivity index (χ4v) is 3.78. The smallest absolute Gasteiger partial charge is 0.244 e. The normalized spacial score (nSPS) is 21.1. The maximum atomic E-state index is 13.8. The van der Waals surface area contributed by atoms with Crippen LogP contribution in [0.2, 0.25) is 0 Å². The summed E-state index contributed by atoms with van der Waals surface area (Å²) in [5, 5.41) is 7.64. The Balaban J connectivity index is 1.88. The van der Waals surface area contributed by atoms with Crippen molar-refractivity contribution in [2.75, 3.05) is 5.75 Å². The van der Waals surface area contributed by atoms with Crippen molar-refractivity contribution in [3.8, 4) is 0 Å². The van der Waals surface area contributed by atoms with Crippen molar-refractivity contribution in [1.82, 2.24) is 16.0 Å². The molecule has 27 heavy (non-hydrogen) atoms. The average Bonchev–Trinajstić information content (AvgIpc) is 2.56. The Morgan fingerprint density at radius 1 is 1.33 bits per heavy atom. The van der Waals surface area contributed by atoms with Gasteiger partial charge in [-0.3, -0.25) is 14.4 Å². The molecule has 0 radical (unpaired) electrons. The zero-order valence-corrected chi connectivity index (χ0v) is 16.8. The van der Waals surface area contributed by atoms with Crippen LogP contribution in [0.1, 0.15) is 33.3 Å². The predicted octanol–water partition coefficient (Wildman–Crippen LogP) is 1.39. The van der Waals surface area contributed by atoms with Crippen LogP contribution in [-0.2, 0) is 20.8 Å². The first-order chi connectivity index (χ1) is 12.6. The molecule has 0 unspecified atom stereocenters. The van der Waals surface area contributed by atoms with E-state index in [0.717, 1.165) is 0 Å². The van der Waals surface area contributed by atoms with Gasteiger partial charge < -0.3 is 16.0 Å². The molecule has 2 rings (SSSR count). The minimum atomic E-state index is -0.718. The van der Waals surface area contributed by atoms with Crippen molar-refractivity contribution in [2.24, 2.45) is 0 Å². The number of carbonyl (C=O) groups is 3. The molecule has 3 amide bonds. The van der Waals surface area contributed by atoms with E-state index in [1.165, 1.54) is 17.8 Å². The summed E-state index contributed by atoms with van der Waals surface area (Å²) in [6.45, 7) is 7.16. The third-order valence-electron chi connectivity index (χ3n) is 4.00. The van der Waals surface area contributed by atoms with E-state index in [0.29, 0.717) is 11.3 Å². The minimum Gasteiger partial charge on any atom is -0.350 e. The minimum absolute atomic E-state index is 0.266. The maximum absolute atomic E-state index is 13.8. The first-order valence-corrected chi connectivity index (χ1v) is 9.89. The summed E-state index contributed by atoms with van der Waals surface area (Å²) in [6, 6.07) is 4.91. The van der Waals surface area contributed by atoms with Gasteiger partial charge >= 0.3 is 0 Å². The van der Waals surface area contributed by atoms with Crippen LogP contribution in [0.5, 0.6) is 0 Å². The predicted molar refractivity (Wildman–Crippen MR) is 104 cm³/mol. The van der Waals surface area contributed by atoms with Crippen LogP contribution in [0.3, 0.4) is 0 Å². The highest BCUT2D eigenvalue weighted by Gasteiger charge is 2.34. The molecule has 1 aromatic rings. The van der Waals surface area contributed by atoms with Gasteiger partial charge in [-0.1, -0.05) is 18.2 Å². The molecule has 0 bridgehead atoms. The molecule has 3 N–H and O–H groups in total. The summed E-state index contributed by atoms with van der Waals surface area (Å²) in [7, 11) is 0. The number of amides is 3. The number of carbonyl (C=O) groups excluding carboxylic acids is 3. The van der Waals surface area contributed by atoms with Gasteiger partial charge in [0, 0.05) is 11.3 Å². The number of hydrogen-bond donors (Lipinski definition) is 3. The van der Waals surface area contributed by atoms with Gasteiger partial charge in [-0.15, -0.1) is 11.8 Å². The number of nitrogens with one attached hydrogen (secondary N) is 3. The van der Waals surface area contributed by atoms with Crippen molar-refractivity contribution in [3.63, 3.8) is 0 Å². The van der Waals surface area contributed by atoms with E-state index < -0.39 is 28.8 Å². The van der Waals surface area contributed by atoms with Crippen LogP contribution in [0.25, 0.3) is 0 Å². The first-order valence-electron chi connectivity index (χ1n) is 8.84. The molecule has 1 aliphatic rings. The van der Waals surface area contributed by atoms with Crippen LogP contribution in [0, 0.1) is 5.82 Å². The van der Waals surface area contributed by atoms with Crippen molar-refractivity contribution in [3.05, 3.63) is 35.6 Å². The van der Waals surface area contributed by atoms with Gasteiger partial charge in [-0.05, 0) is 45.7 Å². The fourth-order valence-electron chi connectivity index (χ4n) is 2.61. The maximum Gasteiger partial charge on any atom is 0.244 e. The summed E-state index contributed by atoms with van der Waals surface area (Å²) < 4.78 is 13.8. The largest absolute Gasteiger partial charge is 0.350 e. The summed E-state index contributed by atoms with van der Waals surface area (Å²) in [5.74, 6) is -0.977. The van der Waals surface area contributed by atoms with Crippen molar-refractivity contribution in [2.45, 2.75) is 57.0 Å². The lowest BCUT2D eigenvalue weighted by atomic mass is 10.1. The van der Waals surface area contributed by atoms with Gasteiger partial charge in [0.2, 0.25) is 17.7 Å². The quantitative estimate of drug-likeness (QED) is 0.703. The third-order valence-corrected chi connectivity index (χ3v) is 5.31. The molecule has 1 aromatic carbocycles. The van der Waals surface area contributed by atoms with E-state index in [4.69, 9.17) is 0 Å². The number of rotatable bonds is 5. The summed E-state index contributed by atoms with van der Waals surface area (Å²) in [4.78, 5) is 36.8. The van der Waals surface area contributed by atoms with E-state index >= 15 is 0 Å². The van der Waals surface area contributed by atoms with E-state index in [1.807, 2.05) is 20.8 Å². The molecular formula is C19H26FN3O3S. The summed E-state index contributed by atoms with van der Waals surface area (Å²) >= 11 is 1.32. The molecule has 0 aliphatic carbocycles. The zero-order chi connectivity index (χ0) is 20.2. The Hall–Kier alpha value is -2.09. The molecule has 1 fully saturated rings. The number of benzene rings is 1. The second kappa shape index (κ2) is 8.73. The van der Waals surface area contributed by atoms with E-state index in [9.17, 15) is 18.8 Å². The Bertz CT molecular complexity index is 720. The van der Waals surface area contributed by atoms with E-state index in [1.54, 1.807) is 25.1 Å². The Morgan fingerprint density at radius 3 is 2.59 bits per heavy atom. The second-order valence-corrected chi connectivity index (χ2v) is 8.88. The molecule has 148 valence electrons. The lowest BCUT2D eigenvalue weighted by molar-refractivity contribution is -0.132. The molecule has 0 aromatic heterocycles. The van der Waals surface area contributed by atoms with Crippen molar-refractivity contribution < 1.29 is 18.8 Å². The van der Waals surface area contributed by atoms with Gasteiger partial charge in [0.25, 0.3) is 0 Å². The van der Waals surface area contributed by atoms with Gasteiger partial charge in [-0.2, -0.15) is 0 Å². The summed E-state index contributed by atoms with van der Waals surface area (Å²) in [5.41, 5.74) is 0.0748. The topological polar surface area (TPSA) is 87.3 Å². The average molecular weight is 396 g/mol. The lowest BCUT2D eigenvalue weighted by Crippen LogP contribution is -2.58. The van der Waals surface area contributed by atoms with E-state index in [2.05, 4.69) is 16.0 Å². The monoisotopic (exact) mass is 395 g/mol. The van der Waals surface area contributed by atoms with E-state index in [-0.39, 0.29) is 24.1 Å². The number of thioether (sulfide) groups is 1. The molecule has 0 saturated carbocycles. The first kappa shape index (κ1) is 21.2. The van der Waals surface area contributed by atoms with Gasteiger partial charge in [-0.25, -0.2) is 4.39 Å². The Morgan fingerprint density at radius 2 is 2.00 bits per heavy atom. The Labute approximate surface area is 163 Å². The van der Waals surface area contributed by atoms with Crippen LogP contribution < -0.4 is 16.0 Å². The molecular weight excluding hydrogens is 369 g/mol. The molecule has 3 atom stereocenters. The lowest BCUT2D eigenvalue weighted by Gasteiger charge is -2.29. The summed E-state index contributed by atoms with van der Waals surface area (Å²) in [6.07, 6.45) is 0.266. The van der Waals surface area contributed by atoms with Gasteiger partial charge in [0.15, 0.2) is 0 Å². The van der Waals surface area contributed by atoms with Crippen molar-refractivity contribution in [1.29, 1.82) is 0 Å². The SMILES string of the molecule is C[C@H](NC(=O)[C@@H]1CS[C@@H](Cc2ccccc2F)C(=O)N1)C(=O)NC(C)(C)C. The zero-order valence-electron chi connectivity index (χ0n) is 16.0. The molecule has 8 heteroatoms. The number of halogens is 1. The van der Waals surface area contributed by atoms with Crippen molar-refractivity contribution >= 4 is 29.5 Å². The molecule has 0 spiro atoms. The fraction of sp³-hybridized carbons (Fsp3) is 0.526. The molecule has 1 aliphatic heterocycles. The van der Waals surface area contributed by atoms with Crippen LogP contribution in [0.4, 0.5) is 4.39 Å². The highest BCUT2D eigenvalue weighted by atomic mass is 32.2. The third kappa shape index (κ3) is 6.23. The molecule has 1 saturated heterocycles. The van der Waals surface area contributed by atoms with Gasteiger partial charge in [0.05, 0.1) is 5.25 Å². The Kier molecular flexibility index (Phi) is 6.86. The standard InChI is InChI=1S/C19H26FN3O3S/c1-11(16(24)23-19(2,3)4)21-17(25)14-10-27-15(18(26)22-14)9-12-7-5-6-8-13(12)20/h5-8,11,14-15H,9-10H2,1-4H3,(H,21,25)(H,22,26)(H,23,24)/t11-,14-,15-/m0/s1. The van der Waals surface area contributed by atoms with Gasteiger partial charge in [0.1, 0.15) is 17.9 Å². The molecule has 1 heterocycles. The molecule has 6 nitrogen and oxygen atoms in total. The van der Waals surface area contributed by atoms with Crippen LogP contribution in [-0.4, -0.2) is 46.3 Å². The van der Waals surface area contributed by atoms with Crippen LogP contribution >= 0.6 is 11.8 Å². The number of hydrogen-bond acceptors (Lipinski definition) is 4.